The van der Waals surface area contributed by atoms with Gasteiger partial charge < -0.3 is 9.88 Å². The van der Waals surface area contributed by atoms with Crippen molar-refractivity contribution in [2.75, 3.05) is 11.1 Å². The maximum atomic E-state index is 12.6. The number of carbonyl (C=O) groups is 1. The highest BCUT2D eigenvalue weighted by Crippen LogP contribution is 2.31. The number of nitrogens with zero attached hydrogens (tertiary/aromatic N) is 1. The number of aryl methyl sites for hydroxylation is 2. The molecule has 0 saturated carbocycles. The van der Waals surface area contributed by atoms with E-state index < -0.39 is 0 Å². The zero-order valence-electron chi connectivity index (χ0n) is 17.0. The van der Waals surface area contributed by atoms with Crippen molar-refractivity contribution in [1.29, 1.82) is 0 Å². The minimum atomic E-state index is -0.00312. The standard InChI is InChI=1S/C25H23ClN2OS/c1-17-11-12-18(2)22(13-17)27-25(29)16-30-24-15-28(23-10-6-4-8-20(23)24)14-19-7-3-5-9-21(19)26/h3-13,15H,14,16H2,1-2H3,(H,27,29). The second-order valence-corrected chi connectivity index (χ2v) is 8.81. The summed E-state index contributed by atoms with van der Waals surface area (Å²) in [6.45, 7) is 4.72. The van der Waals surface area contributed by atoms with E-state index in [4.69, 9.17) is 11.6 Å². The number of hydrogen-bond donors (Lipinski definition) is 1. The Hall–Kier alpha value is -2.69. The summed E-state index contributed by atoms with van der Waals surface area (Å²) in [5.74, 6) is 0.352. The quantitative estimate of drug-likeness (QED) is 0.343. The van der Waals surface area contributed by atoms with E-state index in [2.05, 4.69) is 28.2 Å². The van der Waals surface area contributed by atoms with Gasteiger partial charge in [-0.15, -0.1) is 11.8 Å². The van der Waals surface area contributed by atoms with E-state index in [1.165, 1.54) is 0 Å². The molecule has 0 aliphatic carbocycles. The Morgan fingerprint density at radius 3 is 2.63 bits per heavy atom. The smallest absolute Gasteiger partial charge is 0.234 e. The van der Waals surface area contributed by atoms with Gasteiger partial charge in [-0.05, 0) is 48.7 Å². The predicted octanol–water partition coefficient (Wildman–Crippen LogP) is 6.69. The summed E-state index contributed by atoms with van der Waals surface area (Å²) in [5.41, 5.74) is 5.28. The van der Waals surface area contributed by atoms with Crippen molar-refractivity contribution in [2.24, 2.45) is 0 Å². The topological polar surface area (TPSA) is 34.0 Å². The van der Waals surface area contributed by atoms with Crippen molar-refractivity contribution in [3.05, 3.63) is 94.6 Å². The number of para-hydroxylation sites is 1. The molecule has 0 spiro atoms. The fourth-order valence-electron chi connectivity index (χ4n) is 3.47. The zero-order valence-corrected chi connectivity index (χ0v) is 18.6. The number of nitrogens with one attached hydrogen (secondary N) is 1. The summed E-state index contributed by atoms with van der Waals surface area (Å²) in [6, 6.07) is 22.2. The van der Waals surface area contributed by atoms with Gasteiger partial charge in [-0.2, -0.15) is 0 Å². The number of benzene rings is 3. The van der Waals surface area contributed by atoms with Crippen LogP contribution in [0.25, 0.3) is 10.9 Å². The molecule has 152 valence electrons. The SMILES string of the molecule is Cc1ccc(C)c(NC(=O)CSc2cn(Cc3ccccc3Cl)c3ccccc23)c1. The average molecular weight is 435 g/mol. The molecule has 30 heavy (non-hydrogen) atoms. The Bertz CT molecular complexity index is 1210. The number of halogens is 1. The van der Waals surface area contributed by atoms with Crippen LogP contribution in [0.1, 0.15) is 16.7 Å². The first kappa shape index (κ1) is 20.6. The van der Waals surface area contributed by atoms with E-state index in [1.54, 1.807) is 11.8 Å². The van der Waals surface area contributed by atoms with Gasteiger partial charge in [-0.25, -0.2) is 0 Å². The molecule has 1 amide bonds. The van der Waals surface area contributed by atoms with Crippen molar-refractivity contribution in [3.63, 3.8) is 0 Å². The van der Waals surface area contributed by atoms with Crippen LogP contribution >= 0.6 is 23.4 Å². The van der Waals surface area contributed by atoms with E-state index in [0.29, 0.717) is 12.3 Å². The van der Waals surface area contributed by atoms with Crippen molar-refractivity contribution >= 4 is 45.9 Å². The number of amides is 1. The molecule has 0 saturated heterocycles. The third-order valence-corrected chi connectivity index (χ3v) is 6.49. The van der Waals surface area contributed by atoms with Gasteiger partial charge in [-0.3, -0.25) is 4.79 Å². The van der Waals surface area contributed by atoms with Gasteiger partial charge in [0.15, 0.2) is 0 Å². The molecule has 0 radical (unpaired) electrons. The Kier molecular flexibility index (Phi) is 6.16. The summed E-state index contributed by atoms with van der Waals surface area (Å²) in [4.78, 5) is 13.7. The predicted molar refractivity (Wildman–Crippen MR) is 128 cm³/mol. The van der Waals surface area contributed by atoms with E-state index in [-0.39, 0.29) is 5.91 Å². The molecule has 3 nitrogen and oxygen atoms in total. The fourth-order valence-corrected chi connectivity index (χ4v) is 4.55. The normalized spacial score (nSPS) is 11.0. The second kappa shape index (κ2) is 8.99. The van der Waals surface area contributed by atoms with Crippen LogP contribution in [0.5, 0.6) is 0 Å². The van der Waals surface area contributed by atoms with E-state index in [9.17, 15) is 4.79 Å². The number of carbonyl (C=O) groups excluding carboxylic acids is 1. The molecule has 1 aromatic heterocycles. The molecule has 0 fully saturated rings. The molecule has 3 aromatic carbocycles. The lowest BCUT2D eigenvalue weighted by Gasteiger charge is -2.09. The molecule has 1 N–H and O–H groups in total. The van der Waals surface area contributed by atoms with Crippen molar-refractivity contribution < 1.29 is 4.79 Å². The minimum absolute atomic E-state index is 0.00312. The third kappa shape index (κ3) is 4.55. The first-order valence-electron chi connectivity index (χ1n) is 9.82. The van der Waals surface area contributed by atoms with Crippen LogP contribution in [0.4, 0.5) is 5.69 Å². The van der Waals surface area contributed by atoms with Crippen LogP contribution in [-0.4, -0.2) is 16.2 Å². The van der Waals surface area contributed by atoms with E-state index >= 15 is 0 Å². The summed E-state index contributed by atoms with van der Waals surface area (Å²) in [6.07, 6.45) is 2.11. The first-order chi connectivity index (χ1) is 14.5. The Balaban J connectivity index is 1.52. The maximum absolute atomic E-state index is 12.6. The van der Waals surface area contributed by atoms with Crippen LogP contribution in [-0.2, 0) is 11.3 Å². The van der Waals surface area contributed by atoms with Gasteiger partial charge in [0.25, 0.3) is 0 Å². The highest BCUT2D eigenvalue weighted by Gasteiger charge is 2.12. The molecule has 0 aliphatic rings. The highest BCUT2D eigenvalue weighted by molar-refractivity contribution is 8.00. The van der Waals surface area contributed by atoms with Gasteiger partial charge in [-0.1, -0.05) is 60.1 Å². The van der Waals surface area contributed by atoms with Crippen molar-refractivity contribution in [2.45, 2.75) is 25.3 Å². The number of aromatic nitrogens is 1. The van der Waals surface area contributed by atoms with Gasteiger partial charge in [0.05, 0.1) is 5.75 Å². The lowest BCUT2D eigenvalue weighted by atomic mass is 10.1. The fraction of sp³-hybridized carbons (Fsp3) is 0.160. The van der Waals surface area contributed by atoms with E-state index in [0.717, 1.165) is 43.2 Å². The van der Waals surface area contributed by atoms with Gasteiger partial charge in [0.2, 0.25) is 5.91 Å². The van der Waals surface area contributed by atoms with Crippen LogP contribution < -0.4 is 5.32 Å². The number of fused-ring (bicyclic) bond motifs is 1. The van der Waals surface area contributed by atoms with Crippen LogP contribution in [0.3, 0.4) is 0 Å². The molecule has 1 heterocycles. The first-order valence-corrected chi connectivity index (χ1v) is 11.2. The Morgan fingerprint density at radius 1 is 1.03 bits per heavy atom. The lowest BCUT2D eigenvalue weighted by Crippen LogP contribution is -2.14. The summed E-state index contributed by atoms with van der Waals surface area (Å²) < 4.78 is 2.20. The Morgan fingerprint density at radius 2 is 1.80 bits per heavy atom. The Labute approximate surface area is 186 Å². The maximum Gasteiger partial charge on any atom is 0.234 e. The molecule has 5 heteroatoms. The molecule has 0 unspecified atom stereocenters. The highest BCUT2D eigenvalue weighted by atomic mass is 35.5. The molecule has 0 bridgehead atoms. The van der Waals surface area contributed by atoms with Crippen LogP contribution in [0.15, 0.2) is 77.8 Å². The van der Waals surface area contributed by atoms with Crippen molar-refractivity contribution in [3.8, 4) is 0 Å². The molecule has 4 rings (SSSR count). The van der Waals surface area contributed by atoms with Gasteiger partial charge in [0.1, 0.15) is 0 Å². The minimum Gasteiger partial charge on any atom is -0.342 e. The number of hydrogen-bond acceptors (Lipinski definition) is 2. The van der Waals surface area contributed by atoms with Gasteiger partial charge in [0, 0.05) is 39.3 Å². The number of thioether (sulfide) groups is 1. The zero-order chi connectivity index (χ0) is 21.1. The molecular formula is C25H23ClN2OS. The lowest BCUT2D eigenvalue weighted by molar-refractivity contribution is -0.113. The monoisotopic (exact) mass is 434 g/mol. The molecular weight excluding hydrogens is 412 g/mol. The number of anilines is 1. The third-order valence-electron chi connectivity index (χ3n) is 5.08. The molecule has 4 aromatic rings. The largest absolute Gasteiger partial charge is 0.342 e. The summed E-state index contributed by atoms with van der Waals surface area (Å²) in [7, 11) is 0. The van der Waals surface area contributed by atoms with Crippen molar-refractivity contribution in [1.82, 2.24) is 4.57 Å². The average Bonchev–Trinajstić information content (AvgIpc) is 3.09. The van der Waals surface area contributed by atoms with Crippen LogP contribution in [0.2, 0.25) is 5.02 Å². The van der Waals surface area contributed by atoms with Gasteiger partial charge >= 0.3 is 0 Å². The molecule has 0 aliphatic heterocycles. The summed E-state index contributed by atoms with van der Waals surface area (Å²) in [5, 5.41) is 4.95. The second-order valence-electron chi connectivity index (χ2n) is 7.39. The molecule has 0 atom stereocenters. The van der Waals surface area contributed by atoms with Crippen LogP contribution in [0, 0.1) is 13.8 Å². The number of rotatable bonds is 6. The summed E-state index contributed by atoms with van der Waals surface area (Å²) >= 11 is 7.92. The van der Waals surface area contributed by atoms with E-state index in [1.807, 2.05) is 68.4 Å².